The molecule has 1 aromatic heterocycles. The highest BCUT2D eigenvalue weighted by molar-refractivity contribution is 5.31. The van der Waals surface area contributed by atoms with Crippen molar-refractivity contribution in [1.29, 1.82) is 0 Å². The van der Waals surface area contributed by atoms with Crippen LogP contribution in [0.5, 0.6) is 0 Å². The Hall–Kier alpha value is -1.47. The molecule has 0 amide bonds. The van der Waals surface area contributed by atoms with E-state index < -0.39 is 33.9 Å². The second-order valence-electron chi connectivity index (χ2n) is 10.1. The molecule has 1 heterocycles. The van der Waals surface area contributed by atoms with Crippen LogP contribution >= 0.6 is 0 Å². The van der Waals surface area contributed by atoms with Gasteiger partial charge in [0, 0.05) is 23.8 Å². The van der Waals surface area contributed by atoms with Crippen molar-refractivity contribution in [3.8, 4) is 0 Å². The molecule has 158 valence electrons. The van der Waals surface area contributed by atoms with E-state index in [0.29, 0.717) is 38.5 Å². The van der Waals surface area contributed by atoms with Gasteiger partial charge in [-0.2, -0.15) is 0 Å². The van der Waals surface area contributed by atoms with Gasteiger partial charge >= 0.3 is 5.63 Å². The fourth-order valence-electron chi connectivity index (χ4n) is 7.57. The van der Waals surface area contributed by atoms with Gasteiger partial charge < -0.3 is 24.8 Å². The van der Waals surface area contributed by atoms with Crippen molar-refractivity contribution in [2.75, 3.05) is 0 Å². The number of fused-ring (bicyclic) bond motifs is 5. The van der Waals surface area contributed by atoms with E-state index >= 15 is 0 Å². The fourth-order valence-corrected chi connectivity index (χ4v) is 7.57. The Morgan fingerprint density at radius 3 is 2.48 bits per heavy atom. The minimum absolute atomic E-state index is 0.201. The van der Waals surface area contributed by atoms with E-state index in [-0.39, 0.29) is 24.2 Å². The minimum Gasteiger partial charge on any atom is -0.431 e. The topological polar surface area (TPSA) is 111 Å². The van der Waals surface area contributed by atoms with Crippen molar-refractivity contribution in [2.24, 2.45) is 17.3 Å². The van der Waals surface area contributed by atoms with Crippen LogP contribution in [-0.2, 0) is 0 Å². The van der Waals surface area contributed by atoms with Gasteiger partial charge in [0.05, 0.1) is 18.0 Å². The molecule has 4 aliphatic carbocycles. The molecule has 5 rings (SSSR count). The van der Waals surface area contributed by atoms with Crippen molar-refractivity contribution in [1.82, 2.24) is 0 Å². The Kier molecular flexibility index (Phi) is 4.06. The molecule has 0 aromatic carbocycles. The molecular formula is C23H30O6. The number of hydrogen-bond donors (Lipinski definition) is 4. The lowest BCUT2D eigenvalue weighted by Crippen LogP contribution is -2.69. The third-order valence-corrected chi connectivity index (χ3v) is 9.02. The molecule has 3 saturated carbocycles. The van der Waals surface area contributed by atoms with Crippen LogP contribution in [0.25, 0.3) is 0 Å². The van der Waals surface area contributed by atoms with Gasteiger partial charge in [0.2, 0.25) is 0 Å². The van der Waals surface area contributed by atoms with Crippen LogP contribution in [0.1, 0.15) is 63.4 Å². The predicted molar refractivity (Wildman–Crippen MR) is 105 cm³/mol. The second kappa shape index (κ2) is 6.03. The number of hydrogen-bond acceptors (Lipinski definition) is 6. The first-order valence-electron chi connectivity index (χ1n) is 10.8. The molecule has 0 radical (unpaired) electrons. The Bertz CT molecular complexity index is 888. The average Bonchev–Trinajstić information content (AvgIpc) is 2.88. The molecule has 0 saturated heterocycles. The van der Waals surface area contributed by atoms with Crippen LogP contribution in [0.4, 0.5) is 0 Å². The van der Waals surface area contributed by atoms with E-state index in [1.807, 2.05) is 13.0 Å². The summed E-state index contributed by atoms with van der Waals surface area (Å²) in [7, 11) is 0. The Labute approximate surface area is 169 Å². The maximum atomic E-state index is 12.0. The van der Waals surface area contributed by atoms with E-state index in [0.717, 1.165) is 5.56 Å². The number of aliphatic hydroxyl groups is 4. The zero-order valence-corrected chi connectivity index (χ0v) is 16.8. The van der Waals surface area contributed by atoms with E-state index in [1.54, 1.807) is 12.1 Å². The highest BCUT2D eigenvalue weighted by Gasteiger charge is 2.71. The standard InChI is InChI=1S/C23H30O6/c1-20-10-6-15-16(7-11-21(26)8-2-3-9-22(15,21)27)23(20,28)12-17(24)19(20)14-4-5-18(25)29-13-14/h2,4-5,8,13,15-17,19,24,26-28H,3,6-7,9-12H2,1H3/t15-,16+,17-,19-,20+,21+,22-,23-/m0/s1. The molecule has 4 N–H and O–H groups in total. The average molecular weight is 402 g/mol. The van der Waals surface area contributed by atoms with Crippen molar-refractivity contribution < 1.29 is 24.8 Å². The van der Waals surface area contributed by atoms with Gasteiger partial charge in [-0.1, -0.05) is 19.1 Å². The van der Waals surface area contributed by atoms with Gasteiger partial charge in [-0.05, 0) is 62.0 Å². The van der Waals surface area contributed by atoms with Gasteiger partial charge in [0.1, 0.15) is 11.2 Å². The quantitative estimate of drug-likeness (QED) is 0.534. The van der Waals surface area contributed by atoms with E-state index in [2.05, 4.69) is 0 Å². The lowest BCUT2D eigenvalue weighted by atomic mass is 9.46. The third kappa shape index (κ3) is 2.34. The molecule has 8 atom stereocenters. The number of aliphatic hydroxyl groups excluding tert-OH is 1. The molecule has 0 spiro atoms. The van der Waals surface area contributed by atoms with Gasteiger partial charge in [-0.15, -0.1) is 0 Å². The normalized spacial score (nSPS) is 51.2. The first kappa shape index (κ1) is 19.5. The summed E-state index contributed by atoms with van der Waals surface area (Å²) >= 11 is 0. The first-order valence-corrected chi connectivity index (χ1v) is 10.8. The molecule has 3 fully saturated rings. The Morgan fingerprint density at radius 1 is 1.03 bits per heavy atom. The third-order valence-electron chi connectivity index (χ3n) is 9.02. The van der Waals surface area contributed by atoms with Crippen LogP contribution in [0, 0.1) is 17.3 Å². The van der Waals surface area contributed by atoms with Crippen molar-refractivity contribution >= 4 is 0 Å². The SMILES string of the molecule is C[C@]12CC[C@H]3[C@@H](CC[C@]4(O)C=CCC[C@]34O)[C@@]1(O)C[C@H](O)[C@@H]2c1ccc(=O)oc1. The minimum atomic E-state index is -1.25. The molecule has 0 bridgehead atoms. The highest BCUT2D eigenvalue weighted by atomic mass is 16.4. The monoisotopic (exact) mass is 402 g/mol. The van der Waals surface area contributed by atoms with E-state index in [4.69, 9.17) is 4.42 Å². The summed E-state index contributed by atoms with van der Waals surface area (Å²) in [5.41, 5.74) is -3.97. The maximum absolute atomic E-state index is 12.0. The van der Waals surface area contributed by atoms with Gasteiger partial charge in [0.25, 0.3) is 0 Å². The van der Waals surface area contributed by atoms with Crippen LogP contribution in [0.2, 0.25) is 0 Å². The lowest BCUT2D eigenvalue weighted by molar-refractivity contribution is -0.259. The summed E-state index contributed by atoms with van der Waals surface area (Å²) in [6, 6.07) is 3.04. The molecule has 0 aliphatic heterocycles. The van der Waals surface area contributed by atoms with E-state index in [1.165, 1.54) is 12.3 Å². The van der Waals surface area contributed by atoms with Gasteiger partial charge in [0.15, 0.2) is 0 Å². The van der Waals surface area contributed by atoms with Crippen LogP contribution in [0.15, 0.2) is 39.8 Å². The molecule has 6 nitrogen and oxygen atoms in total. The fraction of sp³-hybridized carbons (Fsp3) is 0.696. The Balaban J connectivity index is 1.56. The first-order chi connectivity index (χ1) is 13.6. The van der Waals surface area contributed by atoms with Crippen molar-refractivity contribution in [3.05, 3.63) is 46.5 Å². The van der Waals surface area contributed by atoms with Crippen molar-refractivity contribution in [2.45, 2.75) is 80.7 Å². The molecule has 0 unspecified atom stereocenters. The summed E-state index contributed by atoms with van der Waals surface area (Å²) < 4.78 is 5.05. The molecule has 29 heavy (non-hydrogen) atoms. The summed E-state index contributed by atoms with van der Waals surface area (Å²) in [4.78, 5) is 11.4. The number of rotatable bonds is 1. The van der Waals surface area contributed by atoms with Crippen LogP contribution < -0.4 is 5.63 Å². The molecule has 1 aromatic rings. The number of allylic oxidation sites excluding steroid dienone is 1. The lowest BCUT2D eigenvalue weighted by Gasteiger charge is -2.63. The largest absolute Gasteiger partial charge is 0.431 e. The predicted octanol–water partition coefficient (Wildman–Crippen LogP) is 1.86. The summed E-state index contributed by atoms with van der Waals surface area (Å²) in [6.07, 6.45) is 8.05. The zero-order chi connectivity index (χ0) is 20.7. The molecular weight excluding hydrogens is 372 g/mol. The summed E-state index contributed by atoms with van der Waals surface area (Å²) in [6.45, 7) is 2.01. The smallest absolute Gasteiger partial charge is 0.335 e. The molecule has 6 heteroatoms. The Morgan fingerprint density at radius 2 is 1.76 bits per heavy atom. The van der Waals surface area contributed by atoms with Crippen LogP contribution in [-0.4, -0.2) is 43.3 Å². The summed E-state index contributed by atoms with van der Waals surface area (Å²) in [5.74, 6) is -0.767. The summed E-state index contributed by atoms with van der Waals surface area (Å²) in [5, 5.41) is 45.9. The van der Waals surface area contributed by atoms with Gasteiger partial charge in [-0.3, -0.25) is 0 Å². The zero-order valence-electron chi connectivity index (χ0n) is 16.8. The van der Waals surface area contributed by atoms with Gasteiger partial charge in [-0.25, -0.2) is 4.79 Å². The second-order valence-corrected chi connectivity index (χ2v) is 10.1. The van der Waals surface area contributed by atoms with Crippen LogP contribution in [0.3, 0.4) is 0 Å². The van der Waals surface area contributed by atoms with E-state index in [9.17, 15) is 25.2 Å². The highest BCUT2D eigenvalue weighted by Crippen LogP contribution is 2.68. The van der Waals surface area contributed by atoms with Crippen molar-refractivity contribution in [3.63, 3.8) is 0 Å². The maximum Gasteiger partial charge on any atom is 0.335 e. The molecule has 4 aliphatic rings.